The minimum Gasteiger partial charge on any atom is -0.456 e. The van der Waals surface area contributed by atoms with E-state index >= 15 is 0 Å². The summed E-state index contributed by atoms with van der Waals surface area (Å²) in [5, 5.41) is 10.6. The Balaban J connectivity index is 1.70. The second kappa shape index (κ2) is 13.7. The molecule has 1 spiro atoms. The number of aromatic nitrogens is 1. The van der Waals surface area contributed by atoms with E-state index in [0.29, 0.717) is 12.1 Å². The molecule has 4 rings (SSSR count). The highest BCUT2D eigenvalue weighted by atomic mass is 16.7. The Kier molecular flexibility index (Phi) is 10.4. The van der Waals surface area contributed by atoms with Gasteiger partial charge in [0, 0.05) is 37.0 Å². The fourth-order valence-corrected chi connectivity index (χ4v) is 6.57. The normalized spacial score (nSPS) is 34.4. The van der Waals surface area contributed by atoms with Gasteiger partial charge in [0.1, 0.15) is 30.1 Å². The number of esters is 2. The van der Waals surface area contributed by atoms with Crippen molar-refractivity contribution in [2.24, 2.45) is 23.7 Å². The Morgan fingerprint density at radius 2 is 1.93 bits per heavy atom. The third-order valence-electron chi connectivity index (χ3n) is 9.13. The maximum atomic E-state index is 13.4. The molecular weight excluding hydrogens is 558 g/mol. The molecule has 2 bridgehead atoms. The lowest BCUT2D eigenvalue weighted by molar-refractivity contribution is -0.173. The summed E-state index contributed by atoms with van der Waals surface area (Å²) in [5.74, 6) is -2.26. The van der Waals surface area contributed by atoms with E-state index in [1.54, 1.807) is 39.1 Å². The first-order valence-corrected chi connectivity index (χ1v) is 15.1. The minimum absolute atomic E-state index is 0.115. The Morgan fingerprint density at radius 3 is 2.56 bits per heavy atom. The molecule has 0 radical (unpaired) electrons. The first kappa shape index (κ1) is 32.8. The highest BCUT2D eigenvalue weighted by Gasteiger charge is 2.57. The van der Waals surface area contributed by atoms with Gasteiger partial charge >= 0.3 is 18.1 Å². The van der Waals surface area contributed by atoms with Crippen LogP contribution in [0.15, 0.2) is 42.1 Å². The molecule has 43 heavy (non-hydrogen) atoms. The number of carbonyl (C=O) groups is 3. The number of hydrogen-bond acceptors (Lipinski definition) is 10. The molecule has 2 N–H and O–H groups in total. The summed E-state index contributed by atoms with van der Waals surface area (Å²) in [7, 11) is 1.46. The predicted molar refractivity (Wildman–Crippen MR) is 155 cm³/mol. The Hall–Kier alpha value is -3.15. The number of nitrogens with one attached hydrogen (secondary N) is 1. The van der Waals surface area contributed by atoms with E-state index in [0.717, 1.165) is 5.57 Å². The number of aliphatic hydroxyl groups excluding tert-OH is 1. The molecule has 3 heterocycles. The number of hydrogen-bond donors (Lipinski definition) is 2. The van der Waals surface area contributed by atoms with Gasteiger partial charge in [-0.05, 0) is 58.2 Å². The molecule has 1 fully saturated rings. The number of fused-ring (bicyclic) bond motifs is 1. The number of carbonyl (C=O) groups excluding carboxylic acids is 3. The van der Waals surface area contributed by atoms with Crippen LogP contribution < -0.4 is 0 Å². The zero-order valence-corrected chi connectivity index (χ0v) is 26.0. The van der Waals surface area contributed by atoms with Crippen molar-refractivity contribution in [3.05, 3.63) is 47.8 Å². The standard InChI is InChI=1S/C32H45NO10/c1-8-39-31(37)40-21(6)26-17(2)14-18(3)32-16-22(11-12-23(32)15-25(38-7)30(36)41-26)28(43-32)27(19(4)20(5)34)42-29(35)24-10-9-13-33-24/h9-14,17,19-23,25-28,33-34H,8,15-16H2,1-7H3/b18-14+/t17-,19-,20+,21-,22-,23?,25+,26+,27-,28-,32+/m1/s1. The first-order chi connectivity index (χ1) is 20.4. The second-order valence-electron chi connectivity index (χ2n) is 12.0. The van der Waals surface area contributed by atoms with Gasteiger partial charge in [-0.2, -0.15) is 0 Å². The third kappa shape index (κ3) is 6.84. The Bertz CT molecular complexity index is 1190. The molecular formula is C32H45NO10. The maximum absolute atomic E-state index is 13.4. The van der Waals surface area contributed by atoms with Gasteiger partial charge in [0.25, 0.3) is 0 Å². The van der Waals surface area contributed by atoms with Gasteiger partial charge < -0.3 is 38.5 Å². The molecule has 238 valence electrons. The maximum Gasteiger partial charge on any atom is 0.508 e. The molecule has 1 aromatic heterocycles. The van der Waals surface area contributed by atoms with E-state index in [9.17, 15) is 19.5 Å². The van der Waals surface area contributed by atoms with Crippen LogP contribution in [0, 0.1) is 23.7 Å². The van der Waals surface area contributed by atoms with Gasteiger partial charge in [0.05, 0.1) is 18.3 Å². The SMILES string of the molecule is CCOC(=O)O[C@H](C)[C@H]1OC(=O)[C@@H](OC)CC2C=C[C@@H]3C[C@]2(O[C@H]3[C@H](OC(=O)c2ccc[nH]2)[C@H](C)[C@H](C)O)/C(C)=C/[C@H]1C. The van der Waals surface area contributed by atoms with E-state index in [-0.39, 0.29) is 30.8 Å². The molecule has 1 saturated heterocycles. The number of H-pyrrole nitrogens is 1. The van der Waals surface area contributed by atoms with Crippen LogP contribution in [0.3, 0.4) is 0 Å². The van der Waals surface area contributed by atoms with Crippen molar-refractivity contribution in [2.45, 2.75) is 96.6 Å². The zero-order chi connectivity index (χ0) is 31.5. The average Bonchev–Trinajstić information content (AvgIpc) is 3.61. The third-order valence-corrected chi connectivity index (χ3v) is 9.13. The summed E-state index contributed by atoms with van der Waals surface area (Å²) in [6, 6.07) is 3.35. The molecule has 3 aliphatic rings. The fourth-order valence-electron chi connectivity index (χ4n) is 6.57. The molecule has 2 aliphatic heterocycles. The van der Waals surface area contributed by atoms with Crippen LogP contribution in [0.1, 0.15) is 64.9 Å². The van der Waals surface area contributed by atoms with Crippen molar-refractivity contribution >= 4 is 18.1 Å². The van der Waals surface area contributed by atoms with Crippen molar-refractivity contribution in [3.63, 3.8) is 0 Å². The summed E-state index contributed by atoms with van der Waals surface area (Å²) in [5.41, 5.74) is 0.394. The van der Waals surface area contributed by atoms with Crippen LogP contribution in [0.2, 0.25) is 0 Å². The van der Waals surface area contributed by atoms with E-state index in [1.807, 2.05) is 26.8 Å². The predicted octanol–water partition coefficient (Wildman–Crippen LogP) is 4.36. The fraction of sp³-hybridized carbons (Fsp3) is 0.656. The van der Waals surface area contributed by atoms with E-state index in [1.165, 1.54) is 7.11 Å². The largest absolute Gasteiger partial charge is 0.508 e. The van der Waals surface area contributed by atoms with Crippen molar-refractivity contribution < 1.29 is 47.9 Å². The van der Waals surface area contributed by atoms with E-state index in [2.05, 4.69) is 17.1 Å². The van der Waals surface area contributed by atoms with Crippen molar-refractivity contribution in [3.8, 4) is 0 Å². The van der Waals surface area contributed by atoms with Crippen LogP contribution in [-0.4, -0.2) is 84.1 Å². The van der Waals surface area contributed by atoms with Crippen molar-refractivity contribution in [2.75, 3.05) is 13.7 Å². The molecule has 11 nitrogen and oxygen atoms in total. The molecule has 1 aromatic rings. The van der Waals surface area contributed by atoms with Crippen molar-refractivity contribution in [1.82, 2.24) is 4.98 Å². The summed E-state index contributed by atoms with van der Waals surface area (Å²) in [6.45, 7) is 10.9. The van der Waals surface area contributed by atoms with Crippen LogP contribution in [0.25, 0.3) is 0 Å². The lowest BCUT2D eigenvalue weighted by Gasteiger charge is -2.41. The summed E-state index contributed by atoms with van der Waals surface area (Å²) in [4.78, 5) is 41.4. The summed E-state index contributed by atoms with van der Waals surface area (Å²) < 4.78 is 34.9. The molecule has 0 aromatic carbocycles. The Labute approximate surface area is 252 Å². The molecule has 11 atom stereocenters. The lowest BCUT2D eigenvalue weighted by Crippen LogP contribution is -2.48. The van der Waals surface area contributed by atoms with Gasteiger partial charge in [-0.3, -0.25) is 0 Å². The van der Waals surface area contributed by atoms with Gasteiger partial charge in [-0.1, -0.05) is 32.1 Å². The van der Waals surface area contributed by atoms with Gasteiger partial charge in [0.15, 0.2) is 6.10 Å². The van der Waals surface area contributed by atoms with Crippen LogP contribution in [-0.2, 0) is 33.2 Å². The topological polar surface area (TPSA) is 143 Å². The number of methoxy groups -OCH3 is 1. The smallest absolute Gasteiger partial charge is 0.456 e. The molecule has 0 amide bonds. The minimum atomic E-state index is -0.904. The van der Waals surface area contributed by atoms with Gasteiger partial charge in [-0.25, -0.2) is 14.4 Å². The number of aliphatic hydroxyl groups is 1. The van der Waals surface area contributed by atoms with Gasteiger partial charge in [0.2, 0.25) is 0 Å². The van der Waals surface area contributed by atoms with Crippen molar-refractivity contribution in [1.29, 1.82) is 0 Å². The van der Waals surface area contributed by atoms with E-state index < -0.39 is 66.2 Å². The number of ether oxygens (including phenoxy) is 6. The lowest BCUT2D eigenvalue weighted by atomic mass is 9.69. The average molecular weight is 604 g/mol. The monoisotopic (exact) mass is 603 g/mol. The van der Waals surface area contributed by atoms with Crippen LogP contribution in [0.4, 0.5) is 4.79 Å². The number of cyclic esters (lactones) is 1. The Morgan fingerprint density at radius 1 is 1.19 bits per heavy atom. The zero-order valence-electron chi connectivity index (χ0n) is 26.0. The highest BCUT2D eigenvalue weighted by Crippen LogP contribution is 2.53. The van der Waals surface area contributed by atoms with Crippen LogP contribution >= 0.6 is 0 Å². The molecule has 11 heteroatoms. The number of rotatable bonds is 9. The number of aromatic amines is 1. The molecule has 1 aliphatic carbocycles. The summed E-state index contributed by atoms with van der Waals surface area (Å²) in [6.07, 6.45) is 3.20. The van der Waals surface area contributed by atoms with E-state index in [4.69, 9.17) is 28.4 Å². The second-order valence-corrected chi connectivity index (χ2v) is 12.0. The molecule has 1 unspecified atom stereocenters. The highest BCUT2D eigenvalue weighted by molar-refractivity contribution is 5.87. The molecule has 0 saturated carbocycles. The quantitative estimate of drug-likeness (QED) is 0.237. The first-order valence-electron chi connectivity index (χ1n) is 15.1. The van der Waals surface area contributed by atoms with Crippen LogP contribution in [0.5, 0.6) is 0 Å². The summed E-state index contributed by atoms with van der Waals surface area (Å²) >= 11 is 0. The van der Waals surface area contributed by atoms with Gasteiger partial charge in [-0.15, -0.1) is 0 Å².